The summed E-state index contributed by atoms with van der Waals surface area (Å²) in [5.74, 6) is 5.58. The molecule has 0 bridgehead atoms. The zero-order valence-corrected chi connectivity index (χ0v) is 9.55. The highest BCUT2D eigenvalue weighted by Gasteiger charge is 2.20. The van der Waals surface area contributed by atoms with Gasteiger partial charge in [-0.25, -0.2) is 5.43 Å². The highest BCUT2D eigenvalue weighted by Crippen LogP contribution is 2.19. The fourth-order valence-electron chi connectivity index (χ4n) is 1.78. The molecule has 0 radical (unpaired) electrons. The summed E-state index contributed by atoms with van der Waals surface area (Å²) in [6.45, 7) is 1.94. The third-order valence-corrected chi connectivity index (χ3v) is 2.55. The van der Waals surface area contributed by atoms with Crippen molar-refractivity contribution in [3.05, 3.63) is 29.3 Å². The summed E-state index contributed by atoms with van der Waals surface area (Å²) >= 11 is 0. The molecule has 16 heavy (non-hydrogen) atoms. The number of aryl methyl sites for hydroxylation is 3. The van der Waals surface area contributed by atoms with Crippen LogP contribution in [0.25, 0.3) is 0 Å². The maximum Gasteiger partial charge on any atom is 0.106 e. The molecule has 0 saturated carbocycles. The Morgan fingerprint density at radius 1 is 1.31 bits per heavy atom. The van der Waals surface area contributed by atoms with Crippen molar-refractivity contribution < 1.29 is 0 Å². The number of nitrogens with one attached hydrogen (secondary N) is 1. The van der Waals surface area contributed by atoms with Crippen molar-refractivity contribution in [1.29, 1.82) is 0 Å². The van der Waals surface area contributed by atoms with Crippen LogP contribution in [0.1, 0.15) is 23.1 Å². The minimum absolute atomic E-state index is 0.161. The van der Waals surface area contributed by atoms with Crippen LogP contribution in [0.5, 0.6) is 0 Å². The molecule has 2 aromatic heterocycles. The number of rotatable bonds is 3. The summed E-state index contributed by atoms with van der Waals surface area (Å²) in [5.41, 5.74) is 5.58. The molecular formula is C9H15N7. The molecule has 0 saturated heterocycles. The van der Waals surface area contributed by atoms with E-state index in [1.807, 2.05) is 27.1 Å². The summed E-state index contributed by atoms with van der Waals surface area (Å²) < 4.78 is 3.49. The summed E-state index contributed by atoms with van der Waals surface area (Å²) in [4.78, 5) is 0. The second-order valence-electron chi connectivity index (χ2n) is 3.72. The van der Waals surface area contributed by atoms with Crippen molar-refractivity contribution in [2.45, 2.75) is 13.0 Å². The molecule has 0 fully saturated rings. The molecule has 3 N–H and O–H groups in total. The predicted molar refractivity (Wildman–Crippen MR) is 58.1 cm³/mol. The average Bonchev–Trinajstić information content (AvgIpc) is 2.77. The molecular weight excluding hydrogens is 206 g/mol. The summed E-state index contributed by atoms with van der Waals surface area (Å²) in [6.07, 6.45) is 1.69. The number of nitrogens with zero attached hydrogens (tertiary/aromatic N) is 5. The normalized spacial score (nSPS) is 13.0. The van der Waals surface area contributed by atoms with E-state index in [-0.39, 0.29) is 6.04 Å². The lowest BCUT2D eigenvalue weighted by Gasteiger charge is -2.15. The lowest BCUT2D eigenvalue weighted by Crippen LogP contribution is -2.31. The first kappa shape index (κ1) is 10.8. The standard InChI is InChI=1S/C9H15N7/c1-6-4-7(15(2)13-6)9(12-10)8-5-11-14-16(8)3/h4-5,9,12H,10H2,1-3H3. The molecule has 0 aliphatic heterocycles. The van der Waals surface area contributed by atoms with Gasteiger partial charge in [0.1, 0.15) is 6.04 Å². The fraction of sp³-hybridized carbons (Fsp3) is 0.444. The molecule has 7 heteroatoms. The quantitative estimate of drug-likeness (QED) is 0.534. The molecule has 0 aromatic carbocycles. The molecule has 0 aliphatic rings. The van der Waals surface area contributed by atoms with Crippen LogP contribution in [-0.4, -0.2) is 24.8 Å². The van der Waals surface area contributed by atoms with Gasteiger partial charge >= 0.3 is 0 Å². The zero-order chi connectivity index (χ0) is 11.7. The smallest absolute Gasteiger partial charge is 0.106 e. The van der Waals surface area contributed by atoms with Gasteiger partial charge in [-0.15, -0.1) is 5.10 Å². The number of aromatic nitrogens is 5. The Morgan fingerprint density at radius 2 is 2.06 bits per heavy atom. The first-order valence-electron chi connectivity index (χ1n) is 4.94. The van der Waals surface area contributed by atoms with Crippen molar-refractivity contribution in [1.82, 2.24) is 30.2 Å². The van der Waals surface area contributed by atoms with Gasteiger partial charge in [0.05, 0.1) is 23.3 Å². The Morgan fingerprint density at radius 3 is 2.50 bits per heavy atom. The van der Waals surface area contributed by atoms with Crippen LogP contribution in [0.4, 0.5) is 0 Å². The van der Waals surface area contributed by atoms with Crippen molar-refractivity contribution in [3.63, 3.8) is 0 Å². The maximum absolute atomic E-state index is 5.58. The van der Waals surface area contributed by atoms with Gasteiger partial charge in [0.15, 0.2) is 0 Å². The first-order valence-corrected chi connectivity index (χ1v) is 4.94. The van der Waals surface area contributed by atoms with Gasteiger partial charge in [-0.2, -0.15) is 5.10 Å². The van der Waals surface area contributed by atoms with Crippen LogP contribution in [-0.2, 0) is 14.1 Å². The molecule has 1 unspecified atom stereocenters. The molecule has 1 atom stereocenters. The first-order chi connectivity index (χ1) is 7.63. The van der Waals surface area contributed by atoms with Crippen LogP contribution >= 0.6 is 0 Å². The third-order valence-electron chi connectivity index (χ3n) is 2.55. The van der Waals surface area contributed by atoms with E-state index in [0.29, 0.717) is 0 Å². The van der Waals surface area contributed by atoms with E-state index in [1.165, 1.54) is 0 Å². The molecule has 2 aromatic rings. The molecule has 2 heterocycles. The van der Waals surface area contributed by atoms with Gasteiger partial charge in [0, 0.05) is 14.1 Å². The van der Waals surface area contributed by atoms with Crippen molar-refractivity contribution in [3.8, 4) is 0 Å². The lowest BCUT2D eigenvalue weighted by molar-refractivity contribution is 0.533. The van der Waals surface area contributed by atoms with Gasteiger partial charge in [0.25, 0.3) is 0 Å². The second kappa shape index (κ2) is 4.03. The molecule has 7 nitrogen and oxygen atoms in total. The predicted octanol–water partition coefficient (Wildman–Crippen LogP) is -0.590. The van der Waals surface area contributed by atoms with Crippen molar-refractivity contribution >= 4 is 0 Å². The highest BCUT2D eigenvalue weighted by molar-refractivity contribution is 5.21. The monoisotopic (exact) mass is 221 g/mol. The molecule has 0 spiro atoms. The number of hydrogen-bond donors (Lipinski definition) is 2. The molecule has 86 valence electrons. The largest absolute Gasteiger partial charge is 0.270 e. The van der Waals surface area contributed by atoms with E-state index in [1.54, 1.807) is 15.6 Å². The highest BCUT2D eigenvalue weighted by atomic mass is 15.4. The van der Waals surface area contributed by atoms with Crippen LogP contribution in [0.2, 0.25) is 0 Å². The second-order valence-corrected chi connectivity index (χ2v) is 3.72. The Balaban J connectivity index is 2.44. The summed E-state index contributed by atoms with van der Waals surface area (Å²) in [6, 6.07) is 1.82. The molecule has 2 rings (SSSR count). The Bertz CT molecular complexity index is 484. The molecule has 0 amide bonds. The van der Waals surface area contributed by atoms with E-state index in [4.69, 9.17) is 5.84 Å². The minimum Gasteiger partial charge on any atom is -0.270 e. The summed E-state index contributed by atoms with van der Waals surface area (Å²) in [7, 11) is 3.71. The van der Waals surface area contributed by atoms with Crippen LogP contribution < -0.4 is 11.3 Å². The lowest BCUT2D eigenvalue weighted by atomic mass is 10.1. The van der Waals surface area contributed by atoms with Crippen molar-refractivity contribution in [2.75, 3.05) is 0 Å². The van der Waals surface area contributed by atoms with Gasteiger partial charge in [-0.3, -0.25) is 15.2 Å². The average molecular weight is 221 g/mol. The van der Waals surface area contributed by atoms with E-state index in [2.05, 4.69) is 20.8 Å². The Kier molecular flexibility index (Phi) is 2.71. The van der Waals surface area contributed by atoms with E-state index in [9.17, 15) is 0 Å². The zero-order valence-electron chi connectivity index (χ0n) is 9.55. The van der Waals surface area contributed by atoms with Crippen LogP contribution in [0, 0.1) is 6.92 Å². The number of nitrogens with two attached hydrogens (primary N) is 1. The topological polar surface area (TPSA) is 86.6 Å². The number of hydrogen-bond acceptors (Lipinski definition) is 5. The van der Waals surface area contributed by atoms with E-state index in [0.717, 1.165) is 17.1 Å². The van der Waals surface area contributed by atoms with E-state index >= 15 is 0 Å². The van der Waals surface area contributed by atoms with Gasteiger partial charge in [-0.05, 0) is 13.0 Å². The van der Waals surface area contributed by atoms with Gasteiger partial charge < -0.3 is 0 Å². The third kappa shape index (κ3) is 1.70. The van der Waals surface area contributed by atoms with Crippen LogP contribution in [0.3, 0.4) is 0 Å². The van der Waals surface area contributed by atoms with E-state index < -0.39 is 0 Å². The van der Waals surface area contributed by atoms with Gasteiger partial charge in [-0.1, -0.05) is 5.21 Å². The number of hydrazine groups is 1. The van der Waals surface area contributed by atoms with Crippen LogP contribution in [0.15, 0.2) is 12.3 Å². The van der Waals surface area contributed by atoms with Gasteiger partial charge in [0.2, 0.25) is 0 Å². The SMILES string of the molecule is Cc1cc(C(NN)c2cnnn2C)n(C)n1. The Labute approximate surface area is 93.2 Å². The van der Waals surface area contributed by atoms with Crippen molar-refractivity contribution in [2.24, 2.45) is 19.9 Å². The fourth-order valence-corrected chi connectivity index (χ4v) is 1.78. The maximum atomic E-state index is 5.58. The summed E-state index contributed by atoms with van der Waals surface area (Å²) in [5, 5.41) is 12.0. The Hall–Kier alpha value is -1.73. The minimum atomic E-state index is -0.161. The molecule has 0 aliphatic carbocycles.